The fourth-order valence-corrected chi connectivity index (χ4v) is 2.82. The number of halogens is 1. The van der Waals surface area contributed by atoms with Crippen molar-refractivity contribution < 1.29 is 14.7 Å². The van der Waals surface area contributed by atoms with Gasteiger partial charge in [-0.2, -0.15) is 0 Å². The Hall–Kier alpha value is -1.56. The number of carboxylic acid groups (broad SMARTS) is 1. The molecule has 21 heavy (non-hydrogen) atoms. The Bertz CT molecular complexity index is 544. The maximum absolute atomic E-state index is 12.3. The molecule has 1 aliphatic carbocycles. The van der Waals surface area contributed by atoms with Gasteiger partial charge < -0.3 is 15.3 Å². The number of nitrogens with one attached hydrogen (secondary N) is 1. The molecule has 1 aromatic carbocycles. The molecule has 0 spiro atoms. The maximum Gasteiger partial charge on any atom is 0.337 e. The number of benzene rings is 1. The van der Waals surface area contributed by atoms with E-state index in [-0.39, 0.29) is 11.6 Å². The summed E-state index contributed by atoms with van der Waals surface area (Å²) >= 11 is 3.29. The molecule has 1 fully saturated rings. The number of anilines is 1. The van der Waals surface area contributed by atoms with Crippen molar-refractivity contribution in [2.24, 2.45) is 5.92 Å². The third-order valence-electron chi connectivity index (χ3n) is 3.85. The van der Waals surface area contributed by atoms with Crippen LogP contribution in [0, 0.1) is 5.92 Å². The molecule has 6 heteroatoms. The summed E-state index contributed by atoms with van der Waals surface area (Å²) in [6.45, 7) is 3.26. The van der Waals surface area contributed by atoms with Gasteiger partial charge in [0.05, 0.1) is 11.3 Å². The van der Waals surface area contributed by atoms with Crippen molar-refractivity contribution in [3.63, 3.8) is 0 Å². The van der Waals surface area contributed by atoms with Gasteiger partial charge in [-0.05, 0) is 53.7 Å². The van der Waals surface area contributed by atoms with E-state index in [2.05, 4.69) is 21.2 Å². The van der Waals surface area contributed by atoms with Crippen LogP contribution < -0.4 is 5.32 Å². The summed E-state index contributed by atoms with van der Waals surface area (Å²) in [5.41, 5.74) is 0.388. The number of urea groups is 1. The Labute approximate surface area is 132 Å². The Morgan fingerprint density at radius 2 is 2.14 bits per heavy atom. The van der Waals surface area contributed by atoms with Gasteiger partial charge in [-0.3, -0.25) is 0 Å². The SMILES string of the molecule is CCN(CC1CCC1)C(=O)Nc1c(Br)cccc1C(=O)O. The summed E-state index contributed by atoms with van der Waals surface area (Å²) < 4.78 is 0.565. The minimum Gasteiger partial charge on any atom is -0.478 e. The fourth-order valence-electron chi connectivity index (χ4n) is 2.36. The van der Waals surface area contributed by atoms with Gasteiger partial charge in [-0.1, -0.05) is 12.5 Å². The fraction of sp³-hybridized carbons (Fsp3) is 0.467. The highest BCUT2D eigenvalue weighted by Crippen LogP contribution is 2.29. The van der Waals surface area contributed by atoms with Gasteiger partial charge in [0.15, 0.2) is 0 Å². The Balaban J connectivity index is 2.12. The molecular weight excluding hydrogens is 336 g/mol. The second-order valence-corrected chi connectivity index (χ2v) is 6.09. The van der Waals surface area contributed by atoms with Crippen LogP contribution in [0.25, 0.3) is 0 Å². The number of para-hydroxylation sites is 1. The molecule has 114 valence electrons. The van der Waals surface area contributed by atoms with E-state index in [1.54, 1.807) is 17.0 Å². The van der Waals surface area contributed by atoms with Crippen molar-refractivity contribution in [1.29, 1.82) is 0 Å². The van der Waals surface area contributed by atoms with Crippen molar-refractivity contribution in [3.05, 3.63) is 28.2 Å². The van der Waals surface area contributed by atoms with Gasteiger partial charge >= 0.3 is 12.0 Å². The lowest BCUT2D eigenvalue weighted by atomic mass is 9.85. The number of hydrogen-bond donors (Lipinski definition) is 2. The van der Waals surface area contributed by atoms with Crippen LogP contribution in [0.3, 0.4) is 0 Å². The Morgan fingerprint density at radius 1 is 1.43 bits per heavy atom. The first kappa shape index (κ1) is 15.8. The topological polar surface area (TPSA) is 69.6 Å². The highest BCUT2D eigenvalue weighted by molar-refractivity contribution is 9.10. The van der Waals surface area contributed by atoms with E-state index in [0.29, 0.717) is 22.6 Å². The molecule has 0 bridgehead atoms. The van der Waals surface area contributed by atoms with E-state index in [0.717, 1.165) is 6.54 Å². The summed E-state index contributed by atoms with van der Waals surface area (Å²) in [5, 5.41) is 11.9. The molecule has 0 saturated heterocycles. The minimum atomic E-state index is -1.06. The lowest BCUT2D eigenvalue weighted by Gasteiger charge is -2.32. The summed E-state index contributed by atoms with van der Waals surface area (Å²) in [4.78, 5) is 25.3. The average Bonchev–Trinajstić information content (AvgIpc) is 2.39. The second-order valence-electron chi connectivity index (χ2n) is 5.23. The molecule has 0 heterocycles. The maximum atomic E-state index is 12.3. The molecular formula is C15H19BrN2O3. The predicted molar refractivity (Wildman–Crippen MR) is 84.7 cm³/mol. The van der Waals surface area contributed by atoms with E-state index in [1.165, 1.54) is 25.3 Å². The molecule has 5 nitrogen and oxygen atoms in total. The zero-order valence-electron chi connectivity index (χ0n) is 11.9. The summed E-state index contributed by atoms with van der Waals surface area (Å²) in [7, 11) is 0. The number of hydrogen-bond acceptors (Lipinski definition) is 2. The van der Waals surface area contributed by atoms with Crippen molar-refractivity contribution >= 4 is 33.6 Å². The van der Waals surface area contributed by atoms with Crippen LogP contribution >= 0.6 is 15.9 Å². The van der Waals surface area contributed by atoms with Gasteiger partial charge in [0, 0.05) is 17.6 Å². The number of carbonyl (C=O) groups is 2. The zero-order valence-corrected chi connectivity index (χ0v) is 13.5. The molecule has 0 unspecified atom stereocenters. The molecule has 1 saturated carbocycles. The van der Waals surface area contributed by atoms with Gasteiger partial charge in [0.25, 0.3) is 0 Å². The predicted octanol–water partition coefficient (Wildman–Crippen LogP) is 3.80. The van der Waals surface area contributed by atoms with Crippen LogP contribution in [0.2, 0.25) is 0 Å². The van der Waals surface area contributed by atoms with Crippen molar-refractivity contribution in [2.45, 2.75) is 26.2 Å². The third-order valence-corrected chi connectivity index (χ3v) is 4.51. The van der Waals surface area contributed by atoms with Crippen molar-refractivity contribution in [3.8, 4) is 0 Å². The van der Waals surface area contributed by atoms with Crippen LogP contribution in [-0.4, -0.2) is 35.1 Å². The average molecular weight is 355 g/mol. The van der Waals surface area contributed by atoms with E-state index >= 15 is 0 Å². The van der Waals surface area contributed by atoms with E-state index in [1.807, 2.05) is 6.92 Å². The smallest absolute Gasteiger partial charge is 0.337 e. The zero-order chi connectivity index (χ0) is 15.4. The van der Waals surface area contributed by atoms with Crippen molar-refractivity contribution in [1.82, 2.24) is 4.90 Å². The first-order valence-corrected chi connectivity index (χ1v) is 7.90. The number of carbonyl (C=O) groups excluding carboxylic acids is 1. The minimum absolute atomic E-state index is 0.0809. The molecule has 1 aliphatic rings. The molecule has 2 N–H and O–H groups in total. The van der Waals surface area contributed by atoms with Crippen LogP contribution in [-0.2, 0) is 0 Å². The second kappa shape index (κ2) is 6.93. The van der Waals surface area contributed by atoms with E-state index in [4.69, 9.17) is 0 Å². The van der Waals surface area contributed by atoms with Crippen LogP contribution in [0.15, 0.2) is 22.7 Å². The number of rotatable bonds is 5. The van der Waals surface area contributed by atoms with Crippen LogP contribution in [0.4, 0.5) is 10.5 Å². The number of carboxylic acids is 1. The Morgan fingerprint density at radius 3 is 2.67 bits per heavy atom. The van der Waals surface area contributed by atoms with Crippen molar-refractivity contribution in [2.75, 3.05) is 18.4 Å². The summed E-state index contributed by atoms with van der Waals surface area (Å²) in [5.74, 6) is -0.484. The molecule has 0 radical (unpaired) electrons. The Kier molecular flexibility index (Phi) is 5.22. The van der Waals surface area contributed by atoms with E-state index < -0.39 is 5.97 Å². The first-order valence-electron chi connectivity index (χ1n) is 7.10. The molecule has 2 rings (SSSR count). The lowest BCUT2D eigenvalue weighted by Crippen LogP contribution is -2.40. The quantitative estimate of drug-likeness (QED) is 0.844. The molecule has 0 aromatic heterocycles. The number of amides is 2. The van der Waals surface area contributed by atoms with Gasteiger partial charge in [-0.25, -0.2) is 9.59 Å². The molecule has 0 aliphatic heterocycles. The standard InChI is InChI=1S/C15H19BrN2O3/c1-2-18(9-10-5-3-6-10)15(21)17-13-11(14(19)20)7-4-8-12(13)16/h4,7-8,10H,2-3,5-6,9H2,1H3,(H,17,21)(H,19,20). The van der Waals surface area contributed by atoms with Gasteiger partial charge in [0.1, 0.15) is 0 Å². The van der Waals surface area contributed by atoms with Gasteiger partial charge in [0.2, 0.25) is 0 Å². The highest BCUT2D eigenvalue weighted by Gasteiger charge is 2.24. The molecule has 0 atom stereocenters. The first-order chi connectivity index (χ1) is 10.0. The molecule has 2 amide bonds. The molecule has 1 aromatic rings. The lowest BCUT2D eigenvalue weighted by molar-refractivity contribution is 0.0698. The largest absolute Gasteiger partial charge is 0.478 e. The third kappa shape index (κ3) is 3.75. The summed E-state index contributed by atoms with van der Waals surface area (Å²) in [6, 6.07) is 4.57. The normalized spacial score (nSPS) is 14.4. The highest BCUT2D eigenvalue weighted by atomic mass is 79.9. The number of nitrogens with zero attached hydrogens (tertiary/aromatic N) is 1. The number of aromatic carboxylic acids is 1. The monoisotopic (exact) mass is 354 g/mol. The van der Waals surface area contributed by atoms with Gasteiger partial charge in [-0.15, -0.1) is 0 Å². The van der Waals surface area contributed by atoms with Crippen LogP contribution in [0.1, 0.15) is 36.5 Å². The van der Waals surface area contributed by atoms with E-state index in [9.17, 15) is 14.7 Å². The summed E-state index contributed by atoms with van der Waals surface area (Å²) in [6.07, 6.45) is 3.57. The van der Waals surface area contributed by atoms with Crippen LogP contribution in [0.5, 0.6) is 0 Å².